The van der Waals surface area contributed by atoms with Crippen molar-refractivity contribution in [3.63, 3.8) is 0 Å². The standard InChI is InChI=1S/C22H14ClFN4/c23-18-12-16(4-5-19(18)24)21-7-8-22-26-13-17(28(22)27-21)11-14-3-6-20-15(10-14)2-1-9-25-20/h1-10,12-13H,11H2. The van der Waals surface area contributed by atoms with E-state index in [2.05, 4.69) is 28.2 Å². The molecule has 0 N–H and O–H groups in total. The molecule has 0 unspecified atom stereocenters. The Labute approximate surface area is 165 Å². The number of benzene rings is 2. The summed E-state index contributed by atoms with van der Waals surface area (Å²) in [6.07, 6.45) is 4.31. The second-order valence-corrected chi connectivity index (χ2v) is 6.98. The molecule has 0 aliphatic heterocycles. The molecule has 6 heteroatoms. The average Bonchev–Trinajstić information content (AvgIpc) is 3.12. The van der Waals surface area contributed by atoms with Gasteiger partial charge in [0, 0.05) is 23.6 Å². The van der Waals surface area contributed by atoms with Crippen LogP contribution in [0.1, 0.15) is 11.3 Å². The molecule has 0 radical (unpaired) electrons. The molecule has 2 aromatic carbocycles. The zero-order valence-electron chi connectivity index (χ0n) is 14.7. The van der Waals surface area contributed by atoms with E-state index in [4.69, 9.17) is 16.7 Å². The molecule has 0 bridgehead atoms. The molecule has 5 rings (SSSR count). The number of hydrogen-bond acceptors (Lipinski definition) is 3. The summed E-state index contributed by atoms with van der Waals surface area (Å²) in [6.45, 7) is 0. The summed E-state index contributed by atoms with van der Waals surface area (Å²) in [6, 6.07) is 18.6. The van der Waals surface area contributed by atoms with Crippen LogP contribution < -0.4 is 0 Å². The third-order valence-corrected chi connectivity index (χ3v) is 4.99. The van der Waals surface area contributed by atoms with Gasteiger partial charge >= 0.3 is 0 Å². The summed E-state index contributed by atoms with van der Waals surface area (Å²) in [7, 11) is 0. The Morgan fingerprint density at radius 3 is 2.79 bits per heavy atom. The predicted octanol–water partition coefficient (Wildman–Crippen LogP) is 5.33. The maximum Gasteiger partial charge on any atom is 0.153 e. The lowest BCUT2D eigenvalue weighted by Gasteiger charge is -2.06. The van der Waals surface area contributed by atoms with Gasteiger partial charge in [-0.1, -0.05) is 23.7 Å². The minimum absolute atomic E-state index is 0.0787. The van der Waals surface area contributed by atoms with Crippen LogP contribution in [0.3, 0.4) is 0 Å². The van der Waals surface area contributed by atoms with Gasteiger partial charge in [-0.05, 0) is 54.1 Å². The van der Waals surface area contributed by atoms with Crippen LogP contribution in [0.25, 0.3) is 27.8 Å². The van der Waals surface area contributed by atoms with E-state index < -0.39 is 5.82 Å². The maximum atomic E-state index is 13.5. The molecule has 3 heterocycles. The summed E-state index contributed by atoms with van der Waals surface area (Å²) in [5, 5.41) is 5.87. The molecule has 0 aliphatic carbocycles. The van der Waals surface area contributed by atoms with Gasteiger partial charge in [0.2, 0.25) is 0 Å². The van der Waals surface area contributed by atoms with Crippen molar-refractivity contribution >= 4 is 28.2 Å². The first-order valence-electron chi connectivity index (χ1n) is 8.80. The van der Waals surface area contributed by atoms with E-state index in [0.717, 1.165) is 33.4 Å². The number of hydrogen-bond donors (Lipinski definition) is 0. The van der Waals surface area contributed by atoms with Gasteiger partial charge in [0.25, 0.3) is 0 Å². The monoisotopic (exact) mass is 388 g/mol. The fraction of sp³-hybridized carbons (Fsp3) is 0.0455. The fourth-order valence-corrected chi connectivity index (χ4v) is 3.48. The minimum Gasteiger partial charge on any atom is -0.256 e. The van der Waals surface area contributed by atoms with Crippen molar-refractivity contribution in [3.05, 3.63) is 95.2 Å². The zero-order chi connectivity index (χ0) is 19.1. The van der Waals surface area contributed by atoms with E-state index in [-0.39, 0.29) is 5.02 Å². The van der Waals surface area contributed by atoms with E-state index in [1.165, 1.54) is 6.07 Å². The first-order chi connectivity index (χ1) is 13.7. The Kier molecular flexibility index (Phi) is 4.02. The van der Waals surface area contributed by atoms with Gasteiger partial charge < -0.3 is 0 Å². The molecule has 0 amide bonds. The molecule has 3 aromatic heterocycles. The molecular formula is C22H14ClFN4. The zero-order valence-corrected chi connectivity index (χ0v) is 15.4. The third kappa shape index (κ3) is 3.00. The van der Waals surface area contributed by atoms with Crippen molar-refractivity contribution in [2.75, 3.05) is 0 Å². The van der Waals surface area contributed by atoms with E-state index >= 15 is 0 Å². The molecule has 0 atom stereocenters. The van der Waals surface area contributed by atoms with Gasteiger partial charge in [-0.3, -0.25) is 4.98 Å². The number of nitrogens with zero attached hydrogens (tertiary/aromatic N) is 4. The van der Waals surface area contributed by atoms with Gasteiger partial charge in [-0.2, -0.15) is 5.10 Å². The third-order valence-electron chi connectivity index (χ3n) is 4.70. The number of imidazole rings is 1. The number of rotatable bonds is 3. The highest BCUT2D eigenvalue weighted by Gasteiger charge is 2.10. The van der Waals surface area contributed by atoms with Crippen LogP contribution in [0.15, 0.2) is 73.1 Å². The second kappa shape index (κ2) is 6.69. The summed E-state index contributed by atoms with van der Waals surface area (Å²) in [5.74, 6) is -0.444. The van der Waals surface area contributed by atoms with Crippen molar-refractivity contribution in [2.24, 2.45) is 0 Å². The van der Waals surface area contributed by atoms with Crippen LogP contribution in [0.2, 0.25) is 5.02 Å². The Bertz CT molecular complexity index is 1330. The molecule has 0 saturated heterocycles. The minimum atomic E-state index is -0.444. The van der Waals surface area contributed by atoms with Crippen LogP contribution in [0.4, 0.5) is 4.39 Å². The molecular weight excluding hydrogens is 375 g/mol. The Balaban J connectivity index is 1.54. The highest BCUT2D eigenvalue weighted by Crippen LogP contribution is 2.24. The molecule has 4 nitrogen and oxygen atoms in total. The van der Waals surface area contributed by atoms with E-state index in [1.54, 1.807) is 18.3 Å². The van der Waals surface area contributed by atoms with Crippen LogP contribution in [0, 0.1) is 5.82 Å². The first kappa shape index (κ1) is 16.8. The molecule has 136 valence electrons. The summed E-state index contributed by atoms with van der Waals surface area (Å²) < 4.78 is 15.3. The summed E-state index contributed by atoms with van der Waals surface area (Å²) >= 11 is 5.92. The summed E-state index contributed by atoms with van der Waals surface area (Å²) in [4.78, 5) is 8.81. The number of halogens is 2. The van der Waals surface area contributed by atoms with Crippen molar-refractivity contribution in [1.82, 2.24) is 19.6 Å². The quantitative estimate of drug-likeness (QED) is 0.419. The molecule has 0 saturated carbocycles. The predicted molar refractivity (Wildman–Crippen MR) is 108 cm³/mol. The molecule has 0 spiro atoms. The largest absolute Gasteiger partial charge is 0.256 e. The smallest absolute Gasteiger partial charge is 0.153 e. The Morgan fingerprint density at radius 2 is 1.89 bits per heavy atom. The second-order valence-electron chi connectivity index (χ2n) is 6.57. The highest BCUT2D eigenvalue weighted by molar-refractivity contribution is 6.31. The van der Waals surface area contributed by atoms with E-state index in [0.29, 0.717) is 12.1 Å². The molecule has 5 aromatic rings. The first-order valence-corrected chi connectivity index (χ1v) is 9.18. The van der Waals surface area contributed by atoms with E-state index in [9.17, 15) is 4.39 Å². The lowest BCUT2D eigenvalue weighted by atomic mass is 10.1. The van der Waals surface area contributed by atoms with Gasteiger partial charge in [0.1, 0.15) is 5.82 Å². The Hall–Kier alpha value is -3.31. The van der Waals surface area contributed by atoms with Crippen LogP contribution in [0.5, 0.6) is 0 Å². The van der Waals surface area contributed by atoms with Gasteiger partial charge in [0.15, 0.2) is 5.65 Å². The van der Waals surface area contributed by atoms with Gasteiger partial charge in [0.05, 0.1) is 28.1 Å². The lowest BCUT2D eigenvalue weighted by Crippen LogP contribution is -2.00. The molecule has 0 fully saturated rings. The SMILES string of the molecule is Fc1ccc(-c2ccc3ncc(Cc4ccc5ncccc5c4)n3n2)cc1Cl. The van der Waals surface area contributed by atoms with Crippen LogP contribution in [-0.4, -0.2) is 19.6 Å². The molecule has 28 heavy (non-hydrogen) atoms. The van der Waals surface area contributed by atoms with Crippen molar-refractivity contribution < 1.29 is 4.39 Å². The Morgan fingerprint density at radius 1 is 0.964 bits per heavy atom. The lowest BCUT2D eigenvalue weighted by molar-refractivity contribution is 0.628. The topological polar surface area (TPSA) is 43.1 Å². The summed E-state index contributed by atoms with van der Waals surface area (Å²) in [5.41, 5.74) is 5.31. The van der Waals surface area contributed by atoms with E-state index in [1.807, 2.05) is 35.0 Å². The van der Waals surface area contributed by atoms with Gasteiger partial charge in [-0.15, -0.1) is 0 Å². The fourth-order valence-electron chi connectivity index (χ4n) is 3.29. The van der Waals surface area contributed by atoms with Crippen LogP contribution >= 0.6 is 11.6 Å². The number of pyridine rings is 1. The average molecular weight is 389 g/mol. The highest BCUT2D eigenvalue weighted by atomic mass is 35.5. The van der Waals surface area contributed by atoms with Crippen molar-refractivity contribution in [2.45, 2.75) is 6.42 Å². The van der Waals surface area contributed by atoms with Crippen LogP contribution in [-0.2, 0) is 6.42 Å². The maximum absolute atomic E-state index is 13.5. The normalized spacial score (nSPS) is 11.4. The number of aromatic nitrogens is 4. The van der Waals surface area contributed by atoms with Gasteiger partial charge in [-0.25, -0.2) is 13.9 Å². The van der Waals surface area contributed by atoms with Crippen molar-refractivity contribution in [3.8, 4) is 11.3 Å². The van der Waals surface area contributed by atoms with Crippen molar-refractivity contribution in [1.29, 1.82) is 0 Å². The molecule has 0 aliphatic rings. The number of fused-ring (bicyclic) bond motifs is 2.